The molecule has 0 unspecified atom stereocenters. The molecule has 0 aromatic heterocycles. The second-order valence-electron chi connectivity index (χ2n) is 5.71. The summed E-state index contributed by atoms with van der Waals surface area (Å²) in [6, 6.07) is 11.2. The number of amides is 1. The van der Waals surface area contributed by atoms with Gasteiger partial charge in [-0.1, -0.05) is 18.2 Å². The monoisotopic (exact) mass is 327 g/mol. The smallest absolute Gasteiger partial charge is 0.252 e. The third-order valence-electron chi connectivity index (χ3n) is 4.28. The molecule has 0 bridgehead atoms. The van der Waals surface area contributed by atoms with Gasteiger partial charge in [0.2, 0.25) is 0 Å². The van der Waals surface area contributed by atoms with E-state index in [2.05, 4.69) is 5.32 Å². The van der Waals surface area contributed by atoms with Crippen LogP contribution in [0.15, 0.2) is 36.4 Å². The Balaban J connectivity index is 1.86. The molecule has 1 amide bonds. The molecule has 24 heavy (non-hydrogen) atoms. The first kappa shape index (κ1) is 16.2. The van der Waals surface area contributed by atoms with Crippen LogP contribution in [0.1, 0.15) is 33.9 Å². The molecule has 0 fully saturated rings. The molecule has 0 spiro atoms. The van der Waals surface area contributed by atoms with E-state index < -0.39 is 0 Å². The van der Waals surface area contributed by atoms with Crippen LogP contribution in [-0.4, -0.2) is 26.7 Å². The number of carbonyl (C=O) groups is 1. The van der Waals surface area contributed by atoms with E-state index in [9.17, 15) is 4.79 Å². The maximum absolute atomic E-state index is 12.7. The standard InChI is InChI=1S/C19H21NO4/c1-12-17(22-2)10-13(11-18(12)23-3)19(21)20-15-8-9-24-16-7-5-4-6-14(15)16/h4-7,10-11,15H,8-9H2,1-3H3,(H,20,21)/t15-/m0/s1. The van der Waals surface area contributed by atoms with Gasteiger partial charge in [0.15, 0.2) is 0 Å². The van der Waals surface area contributed by atoms with Crippen LogP contribution in [0.2, 0.25) is 0 Å². The van der Waals surface area contributed by atoms with Gasteiger partial charge in [-0.05, 0) is 25.1 Å². The summed E-state index contributed by atoms with van der Waals surface area (Å²) >= 11 is 0. The zero-order chi connectivity index (χ0) is 17.1. The summed E-state index contributed by atoms with van der Waals surface area (Å²) in [5.41, 5.74) is 2.38. The fraction of sp³-hybridized carbons (Fsp3) is 0.316. The minimum atomic E-state index is -0.159. The molecule has 126 valence electrons. The van der Waals surface area contributed by atoms with E-state index in [0.717, 1.165) is 23.3 Å². The van der Waals surface area contributed by atoms with E-state index in [4.69, 9.17) is 14.2 Å². The van der Waals surface area contributed by atoms with Crippen molar-refractivity contribution in [2.24, 2.45) is 0 Å². The van der Waals surface area contributed by atoms with Crippen molar-refractivity contribution in [3.63, 3.8) is 0 Å². The normalized spacial score (nSPS) is 15.9. The van der Waals surface area contributed by atoms with E-state index in [1.807, 2.05) is 31.2 Å². The predicted octanol–water partition coefficient (Wildman–Crippen LogP) is 3.27. The zero-order valence-corrected chi connectivity index (χ0v) is 14.1. The van der Waals surface area contributed by atoms with Crippen LogP contribution in [0, 0.1) is 6.92 Å². The first-order valence-electron chi connectivity index (χ1n) is 7.89. The molecule has 0 aliphatic carbocycles. The number of hydrogen-bond acceptors (Lipinski definition) is 4. The molecule has 0 radical (unpaired) electrons. The molecule has 1 heterocycles. The van der Waals surface area contributed by atoms with Crippen LogP contribution < -0.4 is 19.5 Å². The molecular formula is C19H21NO4. The number of methoxy groups -OCH3 is 2. The SMILES string of the molecule is COc1cc(C(=O)N[C@H]2CCOc3ccccc32)cc(OC)c1C. The van der Waals surface area contributed by atoms with Crippen molar-refractivity contribution in [1.29, 1.82) is 0 Å². The van der Waals surface area contributed by atoms with Crippen molar-refractivity contribution in [2.75, 3.05) is 20.8 Å². The number of carbonyl (C=O) groups excluding carboxylic acids is 1. The van der Waals surface area contributed by atoms with E-state index in [1.165, 1.54) is 0 Å². The first-order chi connectivity index (χ1) is 11.6. The van der Waals surface area contributed by atoms with Gasteiger partial charge in [0.05, 0.1) is 26.9 Å². The summed E-state index contributed by atoms with van der Waals surface area (Å²) in [7, 11) is 3.16. The highest BCUT2D eigenvalue weighted by Gasteiger charge is 2.24. The fourth-order valence-corrected chi connectivity index (χ4v) is 2.95. The Kier molecular flexibility index (Phi) is 4.60. The highest BCUT2D eigenvalue weighted by atomic mass is 16.5. The van der Waals surface area contributed by atoms with Crippen LogP contribution >= 0.6 is 0 Å². The molecule has 3 rings (SSSR count). The Morgan fingerprint density at radius 1 is 1.17 bits per heavy atom. The van der Waals surface area contributed by atoms with Gasteiger partial charge in [-0.25, -0.2) is 0 Å². The second-order valence-corrected chi connectivity index (χ2v) is 5.71. The lowest BCUT2D eigenvalue weighted by Crippen LogP contribution is -2.32. The Morgan fingerprint density at radius 2 is 1.83 bits per heavy atom. The van der Waals surface area contributed by atoms with Crippen LogP contribution in [0.4, 0.5) is 0 Å². The molecule has 0 saturated carbocycles. The van der Waals surface area contributed by atoms with E-state index in [0.29, 0.717) is 23.7 Å². The maximum atomic E-state index is 12.7. The summed E-state index contributed by atoms with van der Waals surface area (Å²) in [5, 5.41) is 3.08. The van der Waals surface area contributed by atoms with E-state index in [1.54, 1.807) is 26.4 Å². The van der Waals surface area contributed by atoms with Gasteiger partial charge in [-0.2, -0.15) is 0 Å². The second kappa shape index (κ2) is 6.83. The van der Waals surface area contributed by atoms with Crippen LogP contribution in [0.3, 0.4) is 0 Å². The number of ether oxygens (including phenoxy) is 3. The van der Waals surface area contributed by atoms with Crippen molar-refractivity contribution in [3.8, 4) is 17.2 Å². The highest BCUT2D eigenvalue weighted by molar-refractivity contribution is 5.95. The third kappa shape index (κ3) is 3.02. The number of para-hydroxylation sites is 1. The minimum Gasteiger partial charge on any atom is -0.496 e. The average molecular weight is 327 g/mol. The molecule has 1 atom stereocenters. The lowest BCUT2D eigenvalue weighted by Gasteiger charge is -2.26. The molecule has 1 aliphatic rings. The van der Waals surface area contributed by atoms with Crippen LogP contribution in [-0.2, 0) is 0 Å². The summed E-state index contributed by atoms with van der Waals surface area (Å²) in [6.45, 7) is 2.48. The number of benzene rings is 2. The number of fused-ring (bicyclic) bond motifs is 1. The van der Waals surface area contributed by atoms with Gasteiger partial charge in [0.25, 0.3) is 5.91 Å². The molecule has 2 aromatic rings. The Labute approximate surface area is 141 Å². The van der Waals surface area contributed by atoms with Gasteiger partial charge in [0.1, 0.15) is 17.2 Å². The molecule has 5 heteroatoms. The Morgan fingerprint density at radius 3 is 2.50 bits per heavy atom. The number of rotatable bonds is 4. The van der Waals surface area contributed by atoms with Crippen molar-refractivity contribution in [3.05, 3.63) is 53.1 Å². The van der Waals surface area contributed by atoms with Crippen molar-refractivity contribution in [1.82, 2.24) is 5.32 Å². The summed E-state index contributed by atoms with van der Waals surface area (Å²) in [5.74, 6) is 1.93. The van der Waals surface area contributed by atoms with Crippen LogP contribution in [0.25, 0.3) is 0 Å². The highest BCUT2D eigenvalue weighted by Crippen LogP contribution is 2.33. The van der Waals surface area contributed by atoms with Gasteiger partial charge in [-0.3, -0.25) is 4.79 Å². The zero-order valence-electron chi connectivity index (χ0n) is 14.1. The van der Waals surface area contributed by atoms with Crippen molar-refractivity contribution in [2.45, 2.75) is 19.4 Å². The summed E-state index contributed by atoms with van der Waals surface area (Å²) < 4.78 is 16.3. The number of hydrogen-bond donors (Lipinski definition) is 1. The molecule has 1 N–H and O–H groups in total. The average Bonchev–Trinajstić information content (AvgIpc) is 2.62. The van der Waals surface area contributed by atoms with Gasteiger partial charge in [0, 0.05) is 23.1 Å². The Hall–Kier alpha value is -2.69. The Bertz CT molecular complexity index is 732. The first-order valence-corrected chi connectivity index (χ1v) is 7.89. The van der Waals surface area contributed by atoms with E-state index in [-0.39, 0.29) is 11.9 Å². The van der Waals surface area contributed by atoms with Gasteiger partial charge >= 0.3 is 0 Å². The molecule has 2 aromatic carbocycles. The lowest BCUT2D eigenvalue weighted by atomic mass is 10.00. The molecular weight excluding hydrogens is 306 g/mol. The third-order valence-corrected chi connectivity index (χ3v) is 4.28. The lowest BCUT2D eigenvalue weighted by molar-refractivity contribution is 0.0924. The van der Waals surface area contributed by atoms with Crippen molar-refractivity contribution >= 4 is 5.91 Å². The van der Waals surface area contributed by atoms with E-state index >= 15 is 0 Å². The minimum absolute atomic E-state index is 0.0688. The van der Waals surface area contributed by atoms with Crippen molar-refractivity contribution < 1.29 is 19.0 Å². The molecule has 0 saturated heterocycles. The summed E-state index contributed by atoms with van der Waals surface area (Å²) in [6.07, 6.45) is 0.739. The van der Waals surface area contributed by atoms with Gasteiger partial charge in [-0.15, -0.1) is 0 Å². The fourth-order valence-electron chi connectivity index (χ4n) is 2.95. The maximum Gasteiger partial charge on any atom is 0.252 e. The summed E-state index contributed by atoms with van der Waals surface area (Å²) in [4.78, 5) is 12.7. The quantitative estimate of drug-likeness (QED) is 0.936. The molecule has 5 nitrogen and oxygen atoms in total. The predicted molar refractivity (Wildman–Crippen MR) is 91.0 cm³/mol. The number of nitrogens with one attached hydrogen (secondary N) is 1. The van der Waals surface area contributed by atoms with Crippen LogP contribution in [0.5, 0.6) is 17.2 Å². The largest absolute Gasteiger partial charge is 0.496 e. The topological polar surface area (TPSA) is 56.8 Å². The van der Waals surface area contributed by atoms with Gasteiger partial charge < -0.3 is 19.5 Å². The molecule has 1 aliphatic heterocycles.